The van der Waals surface area contributed by atoms with E-state index in [2.05, 4.69) is 48.3 Å². The fraction of sp³-hybridized carbons (Fsp3) is 0.625. The summed E-state index contributed by atoms with van der Waals surface area (Å²) in [6, 6.07) is 8.71. The van der Waals surface area contributed by atoms with Crippen molar-refractivity contribution < 1.29 is 5.11 Å². The number of hydrogen-bond donors (Lipinski definition) is 2. The molecule has 1 aromatic rings. The Morgan fingerprint density at radius 3 is 2.37 bits per heavy atom. The van der Waals surface area contributed by atoms with Gasteiger partial charge in [-0.25, -0.2) is 0 Å². The summed E-state index contributed by atoms with van der Waals surface area (Å²) in [4.78, 5) is 2.34. The molecule has 1 saturated carbocycles. The summed E-state index contributed by atoms with van der Waals surface area (Å²) in [5, 5.41) is 13.1. The van der Waals surface area contributed by atoms with Gasteiger partial charge in [-0.3, -0.25) is 0 Å². The highest BCUT2D eigenvalue weighted by Crippen LogP contribution is 2.32. The Morgan fingerprint density at radius 2 is 1.84 bits per heavy atom. The highest BCUT2D eigenvalue weighted by molar-refractivity contribution is 5.47. The summed E-state index contributed by atoms with van der Waals surface area (Å²) in [7, 11) is 0. The van der Waals surface area contributed by atoms with Crippen molar-refractivity contribution in [1.29, 1.82) is 0 Å². The molecule has 0 radical (unpaired) electrons. The molecule has 1 aliphatic carbocycles. The Morgan fingerprint density at radius 1 is 1.21 bits per heavy atom. The maximum atomic E-state index is 9.78. The molecule has 0 bridgehead atoms. The monoisotopic (exact) mass is 262 g/mol. The summed E-state index contributed by atoms with van der Waals surface area (Å²) in [6.07, 6.45) is 2.23. The van der Waals surface area contributed by atoms with E-state index < -0.39 is 0 Å². The molecule has 106 valence electrons. The predicted octanol–water partition coefficient (Wildman–Crippen LogP) is 2.39. The van der Waals surface area contributed by atoms with Crippen molar-refractivity contribution in [3.05, 3.63) is 29.8 Å². The first-order valence-electron chi connectivity index (χ1n) is 7.47. The number of anilines is 1. The van der Waals surface area contributed by atoms with Crippen LogP contribution in [0, 0.1) is 5.92 Å². The second-order valence-corrected chi connectivity index (χ2v) is 5.37. The third-order valence-corrected chi connectivity index (χ3v) is 3.91. The fourth-order valence-electron chi connectivity index (χ4n) is 2.43. The van der Waals surface area contributed by atoms with Crippen molar-refractivity contribution in [3.63, 3.8) is 0 Å². The van der Waals surface area contributed by atoms with E-state index in [0.717, 1.165) is 19.6 Å². The van der Waals surface area contributed by atoms with Gasteiger partial charge in [-0.1, -0.05) is 12.1 Å². The number of aliphatic hydroxyl groups is 1. The third-order valence-electron chi connectivity index (χ3n) is 3.91. The van der Waals surface area contributed by atoms with Crippen LogP contribution in [0.1, 0.15) is 32.3 Å². The van der Waals surface area contributed by atoms with Gasteiger partial charge in [0.05, 0.1) is 6.10 Å². The summed E-state index contributed by atoms with van der Waals surface area (Å²) in [5.41, 5.74) is 2.56. The summed E-state index contributed by atoms with van der Waals surface area (Å²) >= 11 is 0. The molecule has 1 aromatic carbocycles. The van der Waals surface area contributed by atoms with E-state index in [1.165, 1.54) is 24.1 Å². The molecule has 1 fully saturated rings. The Balaban J connectivity index is 1.77. The van der Waals surface area contributed by atoms with E-state index in [1.807, 2.05) is 0 Å². The van der Waals surface area contributed by atoms with Crippen molar-refractivity contribution in [2.24, 2.45) is 5.92 Å². The molecular formula is C16H26N2O. The zero-order chi connectivity index (χ0) is 13.7. The number of rotatable bonds is 8. The molecule has 0 amide bonds. The van der Waals surface area contributed by atoms with Gasteiger partial charge in [0.2, 0.25) is 0 Å². The topological polar surface area (TPSA) is 35.5 Å². The van der Waals surface area contributed by atoms with E-state index in [9.17, 15) is 5.11 Å². The van der Waals surface area contributed by atoms with Gasteiger partial charge < -0.3 is 15.3 Å². The van der Waals surface area contributed by atoms with Crippen molar-refractivity contribution >= 4 is 5.69 Å². The van der Waals surface area contributed by atoms with E-state index in [1.54, 1.807) is 0 Å². The zero-order valence-electron chi connectivity index (χ0n) is 12.1. The van der Waals surface area contributed by atoms with Gasteiger partial charge in [0, 0.05) is 31.9 Å². The highest BCUT2D eigenvalue weighted by atomic mass is 16.3. The number of nitrogens with zero attached hydrogens (tertiary/aromatic N) is 1. The molecule has 19 heavy (non-hydrogen) atoms. The SMILES string of the molecule is CCN(CC)c1ccc(CNCC(O)C2CC2)cc1. The molecule has 3 heteroatoms. The Kier molecular flexibility index (Phi) is 5.23. The van der Waals surface area contributed by atoms with Gasteiger partial charge in [-0.2, -0.15) is 0 Å². The average molecular weight is 262 g/mol. The lowest BCUT2D eigenvalue weighted by molar-refractivity contribution is 0.148. The lowest BCUT2D eigenvalue weighted by Gasteiger charge is -2.21. The lowest BCUT2D eigenvalue weighted by atomic mass is 10.2. The molecule has 0 spiro atoms. The standard InChI is InChI=1S/C16H26N2O/c1-3-18(4-2)15-9-5-13(6-10-15)11-17-12-16(19)14-7-8-14/h5-6,9-10,14,16-17,19H,3-4,7-8,11-12H2,1-2H3. The number of hydrogen-bond acceptors (Lipinski definition) is 3. The largest absolute Gasteiger partial charge is 0.392 e. The van der Waals surface area contributed by atoms with Crippen LogP contribution in [0.25, 0.3) is 0 Å². The summed E-state index contributed by atoms with van der Waals surface area (Å²) in [5.74, 6) is 0.553. The van der Waals surface area contributed by atoms with Crippen LogP contribution in [-0.4, -0.2) is 30.8 Å². The second kappa shape index (κ2) is 6.92. The normalized spacial score (nSPS) is 16.4. The lowest BCUT2D eigenvalue weighted by Crippen LogP contribution is -2.27. The number of nitrogens with one attached hydrogen (secondary N) is 1. The minimum absolute atomic E-state index is 0.157. The van der Waals surface area contributed by atoms with Crippen LogP contribution in [0.4, 0.5) is 5.69 Å². The average Bonchev–Trinajstić information content (AvgIpc) is 3.26. The van der Waals surface area contributed by atoms with Gasteiger partial charge in [0.1, 0.15) is 0 Å². The van der Waals surface area contributed by atoms with Crippen molar-refractivity contribution in [1.82, 2.24) is 5.32 Å². The van der Waals surface area contributed by atoms with E-state index in [-0.39, 0.29) is 6.10 Å². The fourth-order valence-corrected chi connectivity index (χ4v) is 2.43. The maximum absolute atomic E-state index is 9.78. The van der Waals surface area contributed by atoms with Gasteiger partial charge in [-0.05, 0) is 50.3 Å². The third kappa shape index (κ3) is 4.22. The quantitative estimate of drug-likeness (QED) is 0.755. The molecule has 1 aliphatic rings. The summed E-state index contributed by atoms with van der Waals surface area (Å²) in [6.45, 7) is 7.99. The first-order valence-corrected chi connectivity index (χ1v) is 7.47. The van der Waals surface area contributed by atoms with Crippen molar-refractivity contribution in [2.45, 2.75) is 39.3 Å². The van der Waals surface area contributed by atoms with E-state index >= 15 is 0 Å². The number of aliphatic hydroxyl groups excluding tert-OH is 1. The molecule has 2 rings (SSSR count). The van der Waals surface area contributed by atoms with Crippen LogP contribution in [0.15, 0.2) is 24.3 Å². The molecule has 0 aromatic heterocycles. The number of benzene rings is 1. The maximum Gasteiger partial charge on any atom is 0.0692 e. The van der Waals surface area contributed by atoms with Gasteiger partial charge >= 0.3 is 0 Å². The molecule has 0 aliphatic heterocycles. The first kappa shape index (κ1) is 14.4. The van der Waals surface area contributed by atoms with Gasteiger partial charge in [0.15, 0.2) is 0 Å². The van der Waals surface area contributed by atoms with Crippen LogP contribution in [0.2, 0.25) is 0 Å². The van der Waals surface area contributed by atoms with E-state index in [0.29, 0.717) is 12.5 Å². The minimum Gasteiger partial charge on any atom is -0.392 e. The Bertz CT molecular complexity index is 369. The highest BCUT2D eigenvalue weighted by Gasteiger charge is 2.28. The minimum atomic E-state index is -0.157. The molecule has 1 atom stereocenters. The molecule has 0 saturated heterocycles. The molecule has 2 N–H and O–H groups in total. The predicted molar refractivity (Wildman–Crippen MR) is 80.4 cm³/mol. The van der Waals surface area contributed by atoms with Crippen molar-refractivity contribution in [3.8, 4) is 0 Å². The van der Waals surface area contributed by atoms with Crippen LogP contribution < -0.4 is 10.2 Å². The van der Waals surface area contributed by atoms with Crippen LogP contribution in [-0.2, 0) is 6.54 Å². The molecular weight excluding hydrogens is 236 g/mol. The van der Waals surface area contributed by atoms with Crippen LogP contribution in [0.5, 0.6) is 0 Å². The van der Waals surface area contributed by atoms with Crippen LogP contribution >= 0.6 is 0 Å². The second-order valence-electron chi connectivity index (χ2n) is 5.37. The van der Waals surface area contributed by atoms with Crippen LogP contribution in [0.3, 0.4) is 0 Å². The van der Waals surface area contributed by atoms with Gasteiger partial charge in [-0.15, -0.1) is 0 Å². The van der Waals surface area contributed by atoms with Gasteiger partial charge in [0.25, 0.3) is 0 Å². The summed E-state index contributed by atoms with van der Waals surface area (Å²) < 4.78 is 0. The molecule has 0 heterocycles. The van der Waals surface area contributed by atoms with Crippen molar-refractivity contribution in [2.75, 3.05) is 24.5 Å². The molecule has 3 nitrogen and oxygen atoms in total. The molecule has 1 unspecified atom stereocenters. The Hall–Kier alpha value is -1.06. The smallest absolute Gasteiger partial charge is 0.0692 e. The zero-order valence-corrected chi connectivity index (χ0v) is 12.1. The Labute approximate surface area is 116 Å². The van der Waals surface area contributed by atoms with E-state index in [4.69, 9.17) is 0 Å². The first-order chi connectivity index (χ1) is 9.24.